The zero-order chi connectivity index (χ0) is 13.7. The van der Waals surface area contributed by atoms with Crippen LogP contribution in [0.1, 0.15) is 13.3 Å². The minimum Gasteiger partial charge on any atom is -0.399 e. The van der Waals surface area contributed by atoms with E-state index in [0.29, 0.717) is 6.04 Å². The number of likely N-dealkylation sites (N-methyl/N-ethyl adjacent to an activating group) is 1. The fraction of sp³-hybridized carbons (Fsp3) is 0.600. The van der Waals surface area contributed by atoms with Gasteiger partial charge in [-0.3, -0.25) is 4.90 Å². The lowest BCUT2D eigenvalue weighted by atomic mass is 10.2. The molecule has 1 unspecified atom stereocenters. The van der Waals surface area contributed by atoms with Gasteiger partial charge in [0.05, 0.1) is 6.61 Å². The second-order valence-corrected chi connectivity index (χ2v) is 5.11. The van der Waals surface area contributed by atoms with Gasteiger partial charge in [-0.2, -0.15) is 0 Å². The van der Waals surface area contributed by atoms with E-state index in [9.17, 15) is 0 Å². The Morgan fingerprint density at radius 1 is 1.37 bits per heavy atom. The minimum atomic E-state index is 0.602. The van der Waals surface area contributed by atoms with Crippen LogP contribution in [-0.2, 0) is 4.74 Å². The SMILES string of the molecule is CCN(c1ccc(N)cc1)C1CCN(CCOC)C1. The van der Waals surface area contributed by atoms with Crippen LogP contribution in [0.2, 0.25) is 0 Å². The molecule has 1 aliphatic rings. The molecule has 19 heavy (non-hydrogen) atoms. The fourth-order valence-electron chi connectivity index (χ4n) is 2.81. The summed E-state index contributed by atoms with van der Waals surface area (Å²) in [5, 5.41) is 0. The number of hydrogen-bond acceptors (Lipinski definition) is 4. The number of nitrogens with zero attached hydrogens (tertiary/aromatic N) is 2. The number of rotatable bonds is 6. The molecule has 1 aliphatic heterocycles. The predicted octanol–water partition coefficient (Wildman–Crippen LogP) is 1.82. The topological polar surface area (TPSA) is 41.7 Å². The average Bonchev–Trinajstić information content (AvgIpc) is 2.88. The van der Waals surface area contributed by atoms with Crippen molar-refractivity contribution in [3.63, 3.8) is 0 Å². The van der Waals surface area contributed by atoms with E-state index in [4.69, 9.17) is 10.5 Å². The Balaban J connectivity index is 1.97. The third kappa shape index (κ3) is 3.61. The van der Waals surface area contributed by atoms with E-state index in [1.165, 1.54) is 18.7 Å². The Kier molecular flexibility index (Phi) is 5.05. The second kappa shape index (κ2) is 6.78. The Bertz CT molecular complexity index is 379. The highest BCUT2D eigenvalue weighted by molar-refractivity contribution is 5.53. The Morgan fingerprint density at radius 2 is 2.11 bits per heavy atom. The van der Waals surface area contributed by atoms with E-state index in [1.54, 1.807) is 7.11 Å². The van der Waals surface area contributed by atoms with Gasteiger partial charge in [-0.25, -0.2) is 0 Å². The molecule has 1 aromatic carbocycles. The average molecular weight is 263 g/mol. The molecule has 1 heterocycles. The molecule has 4 nitrogen and oxygen atoms in total. The molecule has 0 radical (unpaired) electrons. The number of likely N-dealkylation sites (tertiary alicyclic amines) is 1. The van der Waals surface area contributed by atoms with Crippen LogP contribution in [-0.4, -0.2) is 50.8 Å². The van der Waals surface area contributed by atoms with Gasteiger partial charge in [-0.1, -0.05) is 0 Å². The lowest BCUT2D eigenvalue weighted by molar-refractivity contribution is 0.160. The van der Waals surface area contributed by atoms with Gasteiger partial charge in [0, 0.05) is 50.7 Å². The van der Waals surface area contributed by atoms with E-state index < -0.39 is 0 Å². The smallest absolute Gasteiger partial charge is 0.0589 e. The van der Waals surface area contributed by atoms with Crippen LogP contribution < -0.4 is 10.6 Å². The summed E-state index contributed by atoms with van der Waals surface area (Å²) in [5.41, 5.74) is 7.86. The summed E-state index contributed by atoms with van der Waals surface area (Å²) < 4.78 is 5.15. The number of methoxy groups -OCH3 is 1. The predicted molar refractivity (Wildman–Crippen MR) is 80.6 cm³/mol. The molecule has 0 aromatic heterocycles. The van der Waals surface area contributed by atoms with Gasteiger partial charge in [-0.15, -0.1) is 0 Å². The second-order valence-electron chi connectivity index (χ2n) is 5.11. The van der Waals surface area contributed by atoms with Gasteiger partial charge in [0.1, 0.15) is 0 Å². The quantitative estimate of drug-likeness (QED) is 0.795. The van der Waals surface area contributed by atoms with Crippen LogP contribution in [0, 0.1) is 0 Å². The van der Waals surface area contributed by atoms with Gasteiger partial charge in [0.15, 0.2) is 0 Å². The van der Waals surface area contributed by atoms with Crippen molar-refractivity contribution in [2.75, 3.05) is 50.5 Å². The largest absolute Gasteiger partial charge is 0.399 e. The van der Waals surface area contributed by atoms with Crippen molar-refractivity contribution in [2.45, 2.75) is 19.4 Å². The van der Waals surface area contributed by atoms with E-state index >= 15 is 0 Å². The third-order valence-corrected chi connectivity index (χ3v) is 3.87. The maximum atomic E-state index is 5.76. The molecule has 1 aromatic rings. The van der Waals surface area contributed by atoms with Crippen molar-refractivity contribution in [2.24, 2.45) is 0 Å². The molecule has 0 saturated carbocycles. The van der Waals surface area contributed by atoms with E-state index in [1.807, 2.05) is 12.1 Å². The van der Waals surface area contributed by atoms with Crippen LogP contribution in [0.3, 0.4) is 0 Å². The fourth-order valence-corrected chi connectivity index (χ4v) is 2.81. The van der Waals surface area contributed by atoms with E-state index in [2.05, 4.69) is 28.9 Å². The molecule has 1 atom stereocenters. The Labute approximate surface area is 116 Å². The van der Waals surface area contributed by atoms with Crippen molar-refractivity contribution in [3.05, 3.63) is 24.3 Å². The van der Waals surface area contributed by atoms with Crippen LogP contribution >= 0.6 is 0 Å². The highest BCUT2D eigenvalue weighted by Crippen LogP contribution is 2.23. The summed E-state index contributed by atoms with van der Waals surface area (Å²) in [4.78, 5) is 4.96. The molecule has 1 saturated heterocycles. The van der Waals surface area contributed by atoms with Crippen LogP contribution in [0.4, 0.5) is 11.4 Å². The van der Waals surface area contributed by atoms with E-state index in [-0.39, 0.29) is 0 Å². The lowest BCUT2D eigenvalue weighted by Gasteiger charge is -2.30. The standard InChI is InChI=1S/C15H25N3O/c1-3-18(14-6-4-13(16)5-7-14)15-8-9-17(12-15)10-11-19-2/h4-7,15H,3,8-12,16H2,1-2H3. The van der Waals surface area contributed by atoms with Gasteiger partial charge >= 0.3 is 0 Å². The number of ether oxygens (including phenoxy) is 1. The lowest BCUT2D eigenvalue weighted by Crippen LogP contribution is -2.38. The van der Waals surface area contributed by atoms with Crippen molar-refractivity contribution >= 4 is 11.4 Å². The van der Waals surface area contributed by atoms with Crippen LogP contribution in [0.5, 0.6) is 0 Å². The number of anilines is 2. The van der Waals surface area contributed by atoms with Gasteiger partial charge in [0.25, 0.3) is 0 Å². The van der Waals surface area contributed by atoms with Crippen molar-refractivity contribution in [1.29, 1.82) is 0 Å². The van der Waals surface area contributed by atoms with Crippen LogP contribution in [0.15, 0.2) is 24.3 Å². The first kappa shape index (κ1) is 14.2. The monoisotopic (exact) mass is 263 g/mol. The summed E-state index contributed by atoms with van der Waals surface area (Å²) in [6, 6.07) is 8.81. The van der Waals surface area contributed by atoms with E-state index in [0.717, 1.165) is 31.9 Å². The molecule has 2 rings (SSSR count). The number of nitrogen functional groups attached to an aromatic ring is 1. The molecular weight excluding hydrogens is 238 g/mol. The first-order chi connectivity index (χ1) is 9.24. The molecule has 0 spiro atoms. The highest BCUT2D eigenvalue weighted by atomic mass is 16.5. The molecule has 0 amide bonds. The maximum Gasteiger partial charge on any atom is 0.0589 e. The maximum absolute atomic E-state index is 5.76. The van der Waals surface area contributed by atoms with Gasteiger partial charge in [0.2, 0.25) is 0 Å². The normalized spacial score (nSPS) is 19.8. The number of hydrogen-bond donors (Lipinski definition) is 1. The summed E-state index contributed by atoms with van der Waals surface area (Å²) >= 11 is 0. The Hall–Kier alpha value is -1.26. The highest BCUT2D eigenvalue weighted by Gasteiger charge is 2.26. The van der Waals surface area contributed by atoms with Crippen LogP contribution in [0.25, 0.3) is 0 Å². The first-order valence-electron chi connectivity index (χ1n) is 7.08. The molecule has 0 bridgehead atoms. The molecular formula is C15H25N3O. The summed E-state index contributed by atoms with van der Waals surface area (Å²) in [5.74, 6) is 0. The third-order valence-electron chi connectivity index (χ3n) is 3.87. The minimum absolute atomic E-state index is 0.602. The molecule has 4 heteroatoms. The molecule has 106 valence electrons. The van der Waals surface area contributed by atoms with Crippen molar-refractivity contribution < 1.29 is 4.74 Å². The van der Waals surface area contributed by atoms with Gasteiger partial charge in [-0.05, 0) is 37.6 Å². The summed E-state index contributed by atoms with van der Waals surface area (Å²) in [6.07, 6.45) is 1.22. The summed E-state index contributed by atoms with van der Waals surface area (Å²) in [7, 11) is 1.76. The number of nitrogens with two attached hydrogens (primary N) is 1. The zero-order valence-electron chi connectivity index (χ0n) is 12.0. The molecule has 0 aliphatic carbocycles. The van der Waals surface area contributed by atoms with Gasteiger partial charge < -0.3 is 15.4 Å². The Morgan fingerprint density at radius 3 is 2.74 bits per heavy atom. The zero-order valence-corrected chi connectivity index (χ0v) is 12.0. The molecule has 1 fully saturated rings. The first-order valence-corrected chi connectivity index (χ1v) is 7.08. The summed E-state index contributed by atoms with van der Waals surface area (Å²) in [6.45, 7) is 7.40. The van der Waals surface area contributed by atoms with Crippen molar-refractivity contribution in [1.82, 2.24) is 4.90 Å². The molecule has 2 N–H and O–H groups in total. The van der Waals surface area contributed by atoms with Crippen molar-refractivity contribution in [3.8, 4) is 0 Å². The number of benzene rings is 1.